The van der Waals surface area contributed by atoms with Crippen molar-refractivity contribution in [3.8, 4) is 0 Å². The maximum atomic E-state index is 12.6. The second-order valence-electron chi connectivity index (χ2n) is 7.16. The molecule has 1 aromatic carbocycles. The summed E-state index contributed by atoms with van der Waals surface area (Å²) in [7, 11) is 0. The number of hydrogen-bond acceptors (Lipinski definition) is 3. The van der Waals surface area contributed by atoms with Gasteiger partial charge >= 0.3 is 0 Å². The molecule has 1 amide bonds. The fraction of sp³-hybridized carbons (Fsp3) is 0.632. The molecule has 4 nitrogen and oxygen atoms in total. The molecule has 2 aliphatic rings. The van der Waals surface area contributed by atoms with E-state index in [-0.39, 0.29) is 11.9 Å². The van der Waals surface area contributed by atoms with E-state index in [4.69, 9.17) is 4.74 Å². The second-order valence-corrected chi connectivity index (χ2v) is 7.16. The zero-order valence-corrected chi connectivity index (χ0v) is 14.3. The van der Waals surface area contributed by atoms with Gasteiger partial charge in [-0.25, -0.2) is 0 Å². The fourth-order valence-electron chi connectivity index (χ4n) is 3.53. The number of likely N-dealkylation sites (tertiary alicyclic amines) is 1. The molecule has 2 heterocycles. The van der Waals surface area contributed by atoms with E-state index >= 15 is 0 Å². The first-order valence-electron chi connectivity index (χ1n) is 8.88. The molecule has 1 N–H and O–H groups in total. The molecule has 0 bridgehead atoms. The van der Waals surface area contributed by atoms with Crippen molar-refractivity contribution in [2.75, 3.05) is 25.0 Å². The summed E-state index contributed by atoms with van der Waals surface area (Å²) in [4.78, 5) is 14.9. The number of amides is 1. The summed E-state index contributed by atoms with van der Waals surface area (Å²) >= 11 is 0. The predicted molar refractivity (Wildman–Crippen MR) is 92.6 cm³/mol. The topological polar surface area (TPSA) is 41.6 Å². The van der Waals surface area contributed by atoms with Gasteiger partial charge in [-0.3, -0.25) is 9.69 Å². The van der Waals surface area contributed by atoms with Crippen molar-refractivity contribution in [3.05, 3.63) is 29.8 Å². The van der Waals surface area contributed by atoms with Crippen molar-refractivity contribution in [3.63, 3.8) is 0 Å². The van der Waals surface area contributed by atoms with E-state index in [2.05, 4.69) is 30.1 Å². The van der Waals surface area contributed by atoms with Gasteiger partial charge in [0, 0.05) is 25.4 Å². The van der Waals surface area contributed by atoms with Gasteiger partial charge in [-0.1, -0.05) is 32.0 Å². The molecule has 1 aromatic rings. The number of piperidine rings is 1. The molecule has 1 fully saturated rings. The number of benzene rings is 1. The van der Waals surface area contributed by atoms with E-state index in [0.717, 1.165) is 51.1 Å². The van der Waals surface area contributed by atoms with Crippen LogP contribution in [0.4, 0.5) is 5.69 Å². The number of aryl methyl sites for hydroxylation is 1. The van der Waals surface area contributed by atoms with Gasteiger partial charge in [0.05, 0.1) is 12.1 Å². The van der Waals surface area contributed by atoms with Crippen molar-refractivity contribution >= 4 is 11.6 Å². The Morgan fingerprint density at radius 3 is 2.70 bits per heavy atom. The molecule has 0 spiro atoms. The maximum Gasteiger partial charge on any atom is 0.241 e. The van der Waals surface area contributed by atoms with E-state index in [9.17, 15) is 4.79 Å². The maximum absolute atomic E-state index is 12.6. The van der Waals surface area contributed by atoms with Gasteiger partial charge in [0.1, 0.15) is 0 Å². The lowest BCUT2D eigenvalue weighted by atomic mass is 10.0. The number of nitrogens with one attached hydrogen (secondary N) is 1. The highest BCUT2D eigenvalue weighted by Gasteiger charge is 2.31. The van der Waals surface area contributed by atoms with E-state index < -0.39 is 0 Å². The highest BCUT2D eigenvalue weighted by Crippen LogP contribution is 2.26. The van der Waals surface area contributed by atoms with Crippen molar-refractivity contribution < 1.29 is 9.53 Å². The number of carbonyl (C=O) groups is 1. The smallest absolute Gasteiger partial charge is 0.241 e. The van der Waals surface area contributed by atoms with Crippen LogP contribution in [0.2, 0.25) is 0 Å². The van der Waals surface area contributed by atoms with Crippen LogP contribution in [-0.4, -0.2) is 42.6 Å². The average molecular weight is 316 g/mol. The van der Waals surface area contributed by atoms with Crippen molar-refractivity contribution in [2.24, 2.45) is 5.92 Å². The predicted octanol–water partition coefficient (Wildman–Crippen LogP) is 3.08. The molecule has 1 atom stereocenters. The lowest BCUT2D eigenvalue weighted by Crippen LogP contribution is -2.48. The molecular weight excluding hydrogens is 288 g/mol. The summed E-state index contributed by atoms with van der Waals surface area (Å²) in [5, 5.41) is 3.11. The van der Waals surface area contributed by atoms with Crippen LogP contribution in [0.1, 0.15) is 38.7 Å². The van der Waals surface area contributed by atoms with Crippen LogP contribution in [-0.2, 0) is 16.0 Å². The molecule has 4 heteroatoms. The minimum absolute atomic E-state index is 0.00607. The van der Waals surface area contributed by atoms with Gasteiger partial charge in [0.2, 0.25) is 5.91 Å². The Kier molecular flexibility index (Phi) is 5.34. The zero-order valence-electron chi connectivity index (χ0n) is 14.3. The van der Waals surface area contributed by atoms with Crippen LogP contribution in [0.15, 0.2) is 24.3 Å². The minimum Gasteiger partial charge on any atom is -0.378 e. The van der Waals surface area contributed by atoms with Gasteiger partial charge in [-0.2, -0.15) is 0 Å². The largest absolute Gasteiger partial charge is 0.378 e. The van der Waals surface area contributed by atoms with Crippen LogP contribution in [0.25, 0.3) is 0 Å². The molecule has 0 radical (unpaired) electrons. The van der Waals surface area contributed by atoms with Crippen LogP contribution in [0, 0.1) is 5.92 Å². The Morgan fingerprint density at radius 2 is 1.96 bits per heavy atom. The highest BCUT2D eigenvalue weighted by molar-refractivity contribution is 5.96. The van der Waals surface area contributed by atoms with Crippen LogP contribution in [0.5, 0.6) is 0 Å². The summed E-state index contributed by atoms with van der Waals surface area (Å²) in [5.74, 6) is 0.732. The summed E-state index contributed by atoms with van der Waals surface area (Å²) < 4.78 is 5.96. The quantitative estimate of drug-likeness (QED) is 0.928. The summed E-state index contributed by atoms with van der Waals surface area (Å²) in [6.07, 6.45) is 4.29. The molecule has 1 unspecified atom stereocenters. The Balaban J connectivity index is 1.56. The second kappa shape index (κ2) is 7.45. The van der Waals surface area contributed by atoms with Crippen molar-refractivity contribution in [1.82, 2.24) is 4.90 Å². The van der Waals surface area contributed by atoms with Crippen molar-refractivity contribution in [2.45, 2.75) is 51.7 Å². The number of para-hydroxylation sites is 1. The summed E-state index contributed by atoms with van der Waals surface area (Å²) in [5.41, 5.74) is 2.23. The Labute approximate surface area is 139 Å². The minimum atomic E-state index is -0.00607. The lowest BCUT2D eigenvalue weighted by molar-refractivity contribution is -0.122. The summed E-state index contributed by atoms with van der Waals surface area (Å²) in [6.45, 7) is 7.11. The van der Waals surface area contributed by atoms with Crippen molar-refractivity contribution in [1.29, 1.82) is 0 Å². The molecule has 1 saturated heterocycles. The van der Waals surface area contributed by atoms with E-state index in [1.807, 2.05) is 18.2 Å². The fourth-order valence-corrected chi connectivity index (χ4v) is 3.53. The first-order chi connectivity index (χ1) is 11.1. The van der Waals surface area contributed by atoms with Crippen LogP contribution in [0.3, 0.4) is 0 Å². The Hall–Kier alpha value is -1.39. The number of anilines is 1. The van der Waals surface area contributed by atoms with Gasteiger partial charge in [-0.05, 0) is 43.2 Å². The summed E-state index contributed by atoms with van der Waals surface area (Å²) in [6, 6.07) is 8.14. The molecular formula is C19H28N2O2. The average Bonchev–Trinajstić information content (AvgIpc) is 2.72. The first kappa shape index (κ1) is 16.5. The van der Waals surface area contributed by atoms with E-state index in [0.29, 0.717) is 12.0 Å². The Bertz CT molecular complexity index is 536. The molecule has 0 saturated carbocycles. The number of fused-ring (bicyclic) bond motifs is 1. The molecule has 2 aliphatic heterocycles. The van der Waals surface area contributed by atoms with Gasteiger partial charge in [-0.15, -0.1) is 0 Å². The zero-order chi connectivity index (χ0) is 16.2. The van der Waals surface area contributed by atoms with E-state index in [1.54, 1.807) is 0 Å². The molecule has 0 aromatic heterocycles. The van der Waals surface area contributed by atoms with E-state index in [1.165, 1.54) is 5.56 Å². The van der Waals surface area contributed by atoms with Crippen LogP contribution >= 0.6 is 0 Å². The number of hydrogen-bond donors (Lipinski definition) is 1. The van der Waals surface area contributed by atoms with Crippen LogP contribution < -0.4 is 5.32 Å². The molecule has 23 heavy (non-hydrogen) atoms. The molecule has 0 aliphatic carbocycles. The highest BCUT2D eigenvalue weighted by atomic mass is 16.5. The SMILES string of the molecule is CC(C)COC1CCN(C2CCc3ccccc3NC2=O)CC1. The first-order valence-corrected chi connectivity index (χ1v) is 8.88. The monoisotopic (exact) mass is 316 g/mol. The number of rotatable bonds is 4. The van der Waals surface area contributed by atoms with Gasteiger partial charge < -0.3 is 10.1 Å². The number of nitrogens with zero attached hydrogens (tertiary/aromatic N) is 1. The van der Waals surface area contributed by atoms with Gasteiger partial charge in [0.25, 0.3) is 0 Å². The number of carbonyl (C=O) groups excluding carboxylic acids is 1. The third-order valence-electron chi connectivity index (χ3n) is 4.85. The normalized spacial score (nSPS) is 23.4. The Morgan fingerprint density at radius 1 is 1.22 bits per heavy atom. The third-order valence-corrected chi connectivity index (χ3v) is 4.85. The third kappa shape index (κ3) is 4.12. The standard InChI is InChI=1S/C19H28N2O2/c1-14(2)13-23-16-9-11-21(12-10-16)18-8-7-15-5-3-4-6-17(15)20-19(18)22/h3-6,14,16,18H,7-13H2,1-2H3,(H,20,22). The van der Waals surface area contributed by atoms with Gasteiger partial charge in [0.15, 0.2) is 0 Å². The lowest BCUT2D eigenvalue weighted by Gasteiger charge is -2.36. The number of ether oxygens (including phenoxy) is 1. The molecule has 126 valence electrons. The molecule has 3 rings (SSSR count).